The fourth-order valence-electron chi connectivity index (χ4n) is 1.59. The van der Waals surface area contributed by atoms with E-state index in [0.717, 1.165) is 17.0 Å². The normalized spacial score (nSPS) is 10.1. The fraction of sp³-hybridized carbons (Fsp3) is 0.308. The molecule has 92 valence electrons. The molecule has 0 aliphatic carbocycles. The van der Waals surface area contributed by atoms with Gasteiger partial charge in [0.05, 0.1) is 12.1 Å². The summed E-state index contributed by atoms with van der Waals surface area (Å²) in [6, 6.07) is 4.01. The second-order valence-electron chi connectivity index (χ2n) is 3.89. The molecule has 0 bridgehead atoms. The first-order valence-electron chi connectivity index (χ1n) is 5.77. The Kier molecular flexibility index (Phi) is 3.90. The van der Waals surface area contributed by atoms with E-state index in [1.54, 1.807) is 17.5 Å². The highest BCUT2D eigenvalue weighted by Gasteiger charge is 2.07. The lowest BCUT2D eigenvalue weighted by atomic mass is 10.1. The summed E-state index contributed by atoms with van der Waals surface area (Å²) >= 11 is 1.69. The lowest BCUT2D eigenvalue weighted by molar-refractivity contribution is 1.07. The molecule has 1 N–H and O–H groups in total. The van der Waals surface area contributed by atoms with E-state index >= 15 is 0 Å². The first-order valence-corrected chi connectivity index (χ1v) is 6.59. The lowest BCUT2D eigenvalue weighted by Crippen LogP contribution is -2.03. The maximum absolute atomic E-state index is 9.10. The second-order valence-corrected chi connectivity index (χ2v) is 5.09. The van der Waals surface area contributed by atoms with E-state index in [2.05, 4.69) is 28.3 Å². The maximum atomic E-state index is 9.10. The molecule has 0 amide bonds. The van der Waals surface area contributed by atoms with Crippen LogP contribution in [0.2, 0.25) is 0 Å². The van der Waals surface area contributed by atoms with E-state index in [1.807, 2.05) is 19.2 Å². The number of aryl methyl sites for hydroxylation is 2. The minimum Gasteiger partial charge on any atom is -0.362 e. The van der Waals surface area contributed by atoms with Crippen LogP contribution >= 0.6 is 11.3 Å². The number of rotatable bonds is 4. The summed E-state index contributed by atoms with van der Waals surface area (Å²) in [7, 11) is 0. The molecule has 0 radical (unpaired) electrons. The lowest BCUT2D eigenvalue weighted by Gasteiger charge is -2.06. The van der Waals surface area contributed by atoms with Crippen LogP contribution < -0.4 is 5.32 Å². The predicted molar refractivity (Wildman–Crippen MR) is 72.5 cm³/mol. The third-order valence-electron chi connectivity index (χ3n) is 2.63. The molecule has 0 atom stereocenters. The van der Waals surface area contributed by atoms with Crippen molar-refractivity contribution in [2.75, 3.05) is 5.32 Å². The molecule has 0 spiro atoms. The summed E-state index contributed by atoms with van der Waals surface area (Å²) in [6.45, 7) is 4.63. The van der Waals surface area contributed by atoms with Crippen LogP contribution in [0.5, 0.6) is 0 Å². The summed E-state index contributed by atoms with van der Waals surface area (Å²) in [5, 5.41) is 13.3. The number of pyridine rings is 1. The molecule has 2 aromatic rings. The van der Waals surface area contributed by atoms with Crippen LogP contribution in [0.25, 0.3) is 0 Å². The quantitative estimate of drug-likeness (QED) is 0.916. The Morgan fingerprint density at radius 2 is 2.28 bits per heavy atom. The zero-order valence-corrected chi connectivity index (χ0v) is 11.2. The zero-order valence-electron chi connectivity index (χ0n) is 10.4. The highest BCUT2D eigenvalue weighted by Crippen LogP contribution is 2.18. The van der Waals surface area contributed by atoms with E-state index in [0.29, 0.717) is 17.9 Å². The number of nitrogens with zero attached hydrogens (tertiary/aromatic N) is 3. The maximum Gasteiger partial charge on any atom is 0.144 e. The Labute approximate surface area is 110 Å². The van der Waals surface area contributed by atoms with Crippen LogP contribution in [-0.2, 0) is 13.0 Å². The van der Waals surface area contributed by atoms with Gasteiger partial charge in [0, 0.05) is 17.3 Å². The molecule has 2 heterocycles. The van der Waals surface area contributed by atoms with E-state index in [4.69, 9.17) is 5.26 Å². The van der Waals surface area contributed by atoms with Gasteiger partial charge in [0.2, 0.25) is 0 Å². The van der Waals surface area contributed by atoms with Crippen LogP contribution in [0.4, 0.5) is 5.82 Å². The highest BCUT2D eigenvalue weighted by atomic mass is 32.1. The average Bonchev–Trinajstić information content (AvgIpc) is 2.84. The number of thiazole rings is 1. The molecule has 0 aliphatic heterocycles. The molecular weight excluding hydrogens is 244 g/mol. The molecule has 0 unspecified atom stereocenters. The van der Waals surface area contributed by atoms with Gasteiger partial charge < -0.3 is 5.32 Å². The molecule has 0 saturated heterocycles. The molecule has 18 heavy (non-hydrogen) atoms. The Morgan fingerprint density at radius 3 is 2.94 bits per heavy atom. The van der Waals surface area contributed by atoms with Crippen LogP contribution in [0.3, 0.4) is 0 Å². The Morgan fingerprint density at radius 1 is 1.44 bits per heavy atom. The molecular formula is C13H14N4S. The Hall–Kier alpha value is -1.93. The number of nitrogens with one attached hydrogen (secondary N) is 1. The van der Waals surface area contributed by atoms with Crippen LogP contribution in [-0.4, -0.2) is 9.97 Å². The molecule has 2 aromatic heterocycles. The number of nitriles is 1. The Balaban J connectivity index is 2.11. The van der Waals surface area contributed by atoms with Gasteiger partial charge in [-0.05, 0) is 25.0 Å². The summed E-state index contributed by atoms with van der Waals surface area (Å²) in [4.78, 5) is 9.79. The van der Waals surface area contributed by atoms with Gasteiger partial charge in [-0.3, -0.25) is 0 Å². The Bertz CT molecular complexity index is 583. The number of hydrogen-bond acceptors (Lipinski definition) is 5. The van der Waals surface area contributed by atoms with Crippen molar-refractivity contribution in [3.05, 3.63) is 39.5 Å². The van der Waals surface area contributed by atoms with Crippen molar-refractivity contribution in [2.45, 2.75) is 26.8 Å². The molecule has 5 heteroatoms. The van der Waals surface area contributed by atoms with Crippen molar-refractivity contribution in [1.82, 2.24) is 9.97 Å². The van der Waals surface area contributed by atoms with E-state index in [9.17, 15) is 0 Å². The smallest absolute Gasteiger partial charge is 0.144 e. The SMILES string of the molecule is CCc1cnc(CNc2nccc(C)c2C#N)s1. The third-order valence-corrected chi connectivity index (χ3v) is 3.77. The molecule has 0 saturated carbocycles. The van der Waals surface area contributed by atoms with Crippen molar-refractivity contribution in [3.8, 4) is 6.07 Å². The predicted octanol–water partition coefficient (Wildman–Crippen LogP) is 2.89. The summed E-state index contributed by atoms with van der Waals surface area (Å²) in [5.41, 5.74) is 1.54. The number of aromatic nitrogens is 2. The van der Waals surface area contributed by atoms with Crippen LogP contribution in [0, 0.1) is 18.3 Å². The van der Waals surface area contributed by atoms with Gasteiger partial charge >= 0.3 is 0 Å². The summed E-state index contributed by atoms with van der Waals surface area (Å²) in [5.74, 6) is 0.630. The summed E-state index contributed by atoms with van der Waals surface area (Å²) < 4.78 is 0. The van der Waals surface area contributed by atoms with Crippen molar-refractivity contribution < 1.29 is 0 Å². The number of anilines is 1. The molecule has 0 aromatic carbocycles. The van der Waals surface area contributed by atoms with Crippen molar-refractivity contribution >= 4 is 17.2 Å². The van der Waals surface area contributed by atoms with Crippen molar-refractivity contribution in [3.63, 3.8) is 0 Å². The summed E-state index contributed by atoms with van der Waals surface area (Å²) in [6.07, 6.45) is 4.61. The van der Waals surface area contributed by atoms with Gasteiger partial charge in [0.25, 0.3) is 0 Å². The third kappa shape index (κ3) is 2.66. The highest BCUT2D eigenvalue weighted by molar-refractivity contribution is 7.11. The first kappa shape index (κ1) is 12.5. The minimum absolute atomic E-state index is 0.602. The van der Waals surface area contributed by atoms with Gasteiger partial charge in [0.15, 0.2) is 0 Å². The van der Waals surface area contributed by atoms with Crippen LogP contribution in [0.1, 0.15) is 27.9 Å². The fourth-order valence-corrected chi connectivity index (χ4v) is 2.39. The van der Waals surface area contributed by atoms with Gasteiger partial charge in [-0.25, -0.2) is 9.97 Å². The van der Waals surface area contributed by atoms with Crippen LogP contribution in [0.15, 0.2) is 18.5 Å². The monoisotopic (exact) mass is 258 g/mol. The minimum atomic E-state index is 0.602. The van der Waals surface area contributed by atoms with E-state index in [1.165, 1.54) is 4.88 Å². The average molecular weight is 258 g/mol. The largest absolute Gasteiger partial charge is 0.362 e. The van der Waals surface area contributed by atoms with Crippen molar-refractivity contribution in [1.29, 1.82) is 5.26 Å². The topological polar surface area (TPSA) is 61.6 Å². The standard InChI is InChI=1S/C13H14N4S/c1-3-10-7-16-12(18-10)8-17-13-11(6-14)9(2)4-5-15-13/h4-5,7H,3,8H2,1-2H3,(H,15,17). The zero-order chi connectivity index (χ0) is 13.0. The van der Waals surface area contributed by atoms with Gasteiger partial charge in [-0.15, -0.1) is 11.3 Å². The first-order chi connectivity index (χ1) is 8.74. The van der Waals surface area contributed by atoms with Gasteiger partial charge in [-0.1, -0.05) is 6.92 Å². The molecule has 2 rings (SSSR count). The number of hydrogen-bond donors (Lipinski definition) is 1. The molecule has 0 fully saturated rings. The van der Waals surface area contributed by atoms with Gasteiger partial charge in [0.1, 0.15) is 16.9 Å². The van der Waals surface area contributed by atoms with E-state index < -0.39 is 0 Å². The molecule has 0 aliphatic rings. The van der Waals surface area contributed by atoms with E-state index in [-0.39, 0.29) is 0 Å². The van der Waals surface area contributed by atoms with Gasteiger partial charge in [-0.2, -0.15) is 5.26 Å². The second kappa shape index (κ2) is 5.61. The molecule has 4 nitrogen and oxygen atoms in total. The van der Waals surface area contributed by atoms with Crippen molar-refractivity contribution in [2.24, 2.45) is 0 Å².